The van der Waals surface area contributed by atoms with Gasteiger partial charge in [-0.1, -0.05) is 43.2 Å². The highest BCUT2D eigenvalue weighted by molar-refractivity contribution is 5.76. The number of fused-ring (bicyclic) bond motifs is 1. The first kappa shape index (κ1) is 20.1. The number of carbonyl (C=O) groups is 1. The summed E-state index contributed by atoms with van der Waals surface area (Å²) in [5, 5.41) is 0. The minimum absolute atomic E-state index is 0.309. The Morgan fingerprint density at radius 3 is 2.72 bits per heavy atom. The molecule has 0 bridgehead atoms. The zero-order valence-electron chi connectivity index (χ0n) is 17.8. The third kappa shape index (κ3) is 4.55. The number of benzene rings is 1. The molecule has 1 amide bonds. The molecule has 2 fully saturated rings. The first-order chi connectivity index (χ1) is 14.1. The second-order valence-electron chi connectivity index (χ2n) is 8.73. The third-order valence-corrected chi connectivity index (χ3v) is 6.98. The van der Waals surface area contributed by atoms with E-state index in [9.17, 15) is 4.79 Å². The number of hydrogen-bond acceptors (Lipinski definition) is 3. The lowest BCUT2D eigenvalue weighted by molar-refractivity contribution is -0.134. The van der Waals surface area contributed by atoms with Crippen LogP contribution in [0.4, 0.5) is 0 Å². The van der Waals surface area contributed by atoms with Gasteiger partial charge in [-0.2, -0.15) is 0 Å². The topological polar surface area (TPSA) is 41.4 Å². The second-order valence-corrected chi connectivity index (χ2v) is 8.73. The molecule has 0 spiro atoms. The minimum Gasteiger partial charge on any atom is -0.338 e. The van der Waals surface area contributed by atoms with Crippen molar-refractivity contribution in [1.82, 2.24) is 19.4 Å². The van der Waals surface area contributed by atoms with Gasteiger partial charge >= 0.3 is 0 Å². The second kappa shape index (κ2) is 9.12. The SMILES string of the molecule is Cc1nccn1CCC(=O)N1CCCCC[C@@H]2[C@@H]1C[C@@H](Cc1ccccc1)N2C. The monoisotopic (exact) mass is 394 g/mol. The number of amides is 1. The minimum atomic E-state index is 0.309. The molecule has 1 aromatic carbocycles. The molecule has 0 unspecified atom stereocenters. The summed E-state index contributed by atoms with van der Waals surface area (Å²) >= 11 is 0. The summed E-state index contributed by atoms with van der Waals surface area (Å²) in [7, 11) is 2.28. The van der Waals surface area contributed by atoms with Crippen LogP contribution in [0, 0.1) is 6.92 Å². The molecule has 2 aromatic rings. The van der Waals surface area contributed by atoms with Gasteiger partial charge in [0.1, 0.15) is 5.82 Å². The molecule has 4 rings (SSSR count). The first-order valence-corrected chi connectivity index (χ1v) is 11.2. The highest BCUT2D eigenvalue weighted by atomic mass is 16.2. The van der Waals surface area contributed by atoms with Crippen LogP contribution in [0.3, 0.4) is 0 Å². The van der Waals surface area contributed by atoms with Crippen molar-refractivity contribution >= 4 is 5.91 Å². The van der Waals surface area contributed by atoms with Crippen LogP contribution in [0.5, 0.6) is 0 Å². The summed E-state index contributed by atoms with van der Waals surface area (Å²) < 4.78 is 2.08. The molecule has 156 valence electrons. The van der Waals surface area contributed by atoms with E-state index < -0.39 is 0 Å². The van der Waals surface area contributed by atoms with E-state index in [0.717, 1.165) is 38.2 Å². The van der Waals surface area contributed by atoms with Crippen LogP contribution >= 0.6 is 0 Å². The van der Waals surface area contributed by atoms with Crippen molar-refractivity contribution in [2.24, 2.45) is 0 Å². The summed E-state index contributed by atoms with van der Waals surface area (Å²) in [5.74, 6) is 1.29. The molecular weight excluding hydrogens is 360 g/mol. The number of rotatable bonds is 5. The van der Waals surface area contributed by atoms with Gasteiger partial charge in [0.2, 0.25) is 5.91 Å². The van der Waals surface area contributed by atoms with Crippen molar-refractivity contribution in [1.29, 1.82) is 0 Å². The molecule has 5 nitrogen and oxygen atoms in total. The fourth-order valence-corrected chi connectivity index (χ4v) is 5.28. The highest BCUT2D eigenvalue weighted by Crippen LogP contribution is 2.34. The summed E-state index contributed by atoms with van der Waals surface area (Å²) in [5.41, 5.74) is 1.40. The number of hydrogen-bond donors (Lipinski definition) is 0. The summed E-state index contributed by atoms with van der Waals surface area (Å²) in [4.78, 5) is 22.3. The zero-order valence-corrected chi connectivity index (χ0v) is 17.8. The van der Waals surface area contributed by atoms with Crippen molar-refractivity contribution in [2.45, 2.75) is 76.5 Å². The maximum Gasteiger partial charge on any atom is 0.224 e. The van der Waals surface area contributed by atoms with Gasteiger partial charge in [0.15, 0.2) is 0 Å². The number of likely N-dealkylation sites (N-methyl/N-ethyl adjacent to an activating group) is 1. The number of aryl methyl sites for hydroxylation is 2. The van der Waals surface area contributed by atoms with E-state index >= 15 is 0 Å². The molecule has 3 atom stereocenters. The Kier molecular flexibility index (Phi) is 6.34. The Labute approximate surface area is 174 Å². The lowest BCUT2D eigenvalue weighted by Gasteiger charge is -2.37. The van der Waals surface area contributed by atoms with Gasteiger partial charge < -0.3 is 9.47 Å². The van der Waals surface area contributed by atoms with Crippen LogP contribution in [-0.2, 0) is 17.8 Å². The van der Waals surface area contributed by atoms with Crippen molar-refractivity contribution < 1.29 is 4.79 Å². The molecule has 29 heavy (non-hydrogen) atoms. The van der Waals surface area contributed by atoms with Gasteiger partial charge in [-0.25, -0.2) is 4.98 Å². The molecular formula is C24H34N4O. The van der Waals surface area contributed by atoms with Crippen LogP contribution in [0.1, 0.15) is 49.9 Å². The quantitative estimate of drug-likeness (QED) is 0.777. The average Bonchev–Trinajstić information content (AvgIpc) is 3.24. The first-order valence-electron chi connectivity index (χ1n) is 11.2. The standard InChI is InChI=1S/C24H34N4O/c1-19-25-13-16-27(19)15-12-24(29)28-14-8-4-7-11-22-23(28)18-21(26(22)2)17-20-9-5-3-6-10-20/h3,5-6,9-10,13,16,21-23H,4,7-8,11-12,14-15,17-18H2,1-2H3/t21-,22-,23+/m1/s1. The smallest absolute Gasteiger partial charge is 0.224 e. The predicted molar refractivity (Wildman–Crippen MR) is 116 cm³/mol. The van der Waals surface area contributed by atoms with Gasteiger partial charge in [0, 0.05) is 50.0 Å². The predicted octanol–water partition coefficient (Wildman–Crippen LogP) is 3.67. The highest BCUT2D eigenvalue weighted by Gasteiger charge is 2.43. The summed E-state index contributed by atoms with van der Waals surface area (Å²) in [6.07, 6.45) is 11.3. The van der Waals surface area contributed by atoms with Crippen LogP contribution in [0.2, 0.25) is 0 Å². The molecule has 0 aliphatic carbocycles. The van der Waals surface area contributed by atoms with E-state index in [1.807, 2.05) is 19.3 Å². The van der Waals surface area contributed by atoms with Gasteiger partial charge in [0.05, 0.1) is 0 Å². The Bertz CT molecular complexity index is 802. The molecule has 2 aliphatic rings. The van der Waals surface area contributed by atoms with Crippen LogP contribution in [0.25, 0.3) is 0 Å². The number of nitrogens with zero attached hydrogens (tertiary/aromatic N) is 4. The lowest BCUT2D eigenvalue weighted by atomic mass is 9.95. The maximum absolute atomic E-state index is 13.3. The van der Waals surface area contributed by atoms with E-state index in [2.05, 4.69) is 56.7 Å². The van der Waals surface area contributed by atoms with Crippen molar-refractivity contribution in [3.05, 3.63) is 54.1 Å². The third-order valence-electron chi connectivity index (χ3n) is 6.98. The molecule has 0 saturated carbocycles. The van der Waals surface area contributed by atoms with Crippen molar-refractivity contribution in [3.63, 3.8) is 0 Å². The van der Waals surface area contributed by atoms with Crippen LogP contribution in [0.15, 0.2) is 42.7 Å². The van der Waals surface area contributed by atoms with E-state index in [0.29, 0.717) is 30.5 Å². The van der Waals surface area contributed by atoms with E-state index in [4.69, 9.17) is 0 Å². The fourth-order valence-electron chi connectivity index (χ4n) is 5.28. The van der Waals surface area contributed by atoms with Crippen molar-refractivity contribution in [2.75, 3.05) is 13.6 Å². The Morgan fingerprint density at radius 2 is 1.97 bits per heavy atom. The summed E-state index contributed by atoms with van der Waals surface area (Å²) in [6.45, 7) is 3.63. The van der Waals surface area contributed by atoms with Gasteiger partial charge in [-0.3, -0.25) is 9.69 Å². The number of likely N-dealkylation sites (tertiary alicyclic amines) is 2. The number of aromatic nitrogens is 2. The molecule has 3 heterocycles. The molecule has 0 N–H and O–H groups in total. The lowest BCUT2D eigenvalue weighted by Crippen LogP contribution is -2.48. The van der Waals surface area contributed by atoms with E-state index in [1.54, 1.807) is 0 Å². The largest absolute Gasteiger partial charge is 0.338 e. The Morgan fingerprint density at radius 1 is 1.14 bits per heavy atom. The van der Waals surface area contributed by atoms with Gasteiger partial charge in [-0.05, 0) is 45.2 Å². The van der Waals surface area contributed by atoms with Crippen LogP contribution in [-0.4, -0.2) is 57.0 Å². The zero-order chi connectivity index (χ0) is 20.2. The van der Waals surface area contributed by atoms with E-state index in [1.165, 1.54) is 24.8 Å². The van der Waals surface area contributed by atoms with Gasteiger partial charge in [0.25, 0.3) is 0 Å². The van der Waals surface area contributed by atoms with E-state index in [-0.39, 0.29) is 0 Å². The molecule has 5 heteroatoms. The molecule has 2 aliphatic heterocycles. The maximum atomic E-state index is 13.3. The summed E-state index contributed by atoms with van der Waals surface area (Å²) in [6, 6.07) is 12.1. The fraction of sp³-hybridized carbons (Fsp3) is 0.583. The van der Waals surface area contributed by atoms with Crippen LogP contribution < -0.4 is 0 Å². The molecule has 1 aromatic heterocycles. The molecule has 0 radical (unpaired) electrons. The Hall–Kier alpha value is -2.14. The number of imidazole rings is 1. The van der Waals surface area contributed by atoms with Crippen molar-refractivity contribution in [3.8, 4) is 0 Å². The Balaban J connectivity index is 1.46. The normalized spacial score (nSPS) is 25.4. The average molecular weight is 395 g/mol. The van der Waals surface area contributed by atoms with Gasteiger partial charge in [-0.15, -0.1) is 0 Å². The number of carbonyl (C=O) groups excluding carboxylic acids is 1. The molecule has 2 saturated heterocycles.